The van der Waals surface area contributed by atoms with E-state index in [0.29, 0.717) is 6.54 Å². The van der Waals surface area contributed by atoms with Crippen LogP contribution in [0.4, 0.5) is 4.39 Å². The van der Waals surface area contributed by atoms with Crippen molar-refractivity contribution in [3.63, 3.8) is 0 Å². The van der Waals surface area contributed by atoms with Gasteiger partial charge in [-0.15, -0.1) is 0 Å². The average molecular weight is 272 g/mol. The summed E-state index contributed by atoms with van der Waals surface area (Å²) in [5.41, 5.74) is 1.28. The Labute approximate surface area is 118 Å². The largest absolute Gasteiger partial charge is 0.379 e. The first-order chi connectivity index (χ1) is 9.66. The summed E-state index contributed by atoms with van der Waals surface area (Å²) in [5, 5.41) is 10.8. The predicted octanol–water partition coefficient (Wildman–Crippen LogP) is 1.50. The zero-order valence-electron chi connectivity index (χ0n) is 11.3. The number of benzene rings is 2. The van der Waals surface area contributed by atoms with Crippen LogP contribution in [-0.2, 0) is 12.1 Å². The van der Waals surface area contributed by atoms with E-state index in [1.54, 1.807) is 12.1 Å². The molecule has 0 radical (unpaired) electrons. The fraction of sp³-hybridized carbons (Fsp3) is 0.294. The summed E-state index contributed by atoms with van der Waals surface area (Å²) < 4.78 is 13.0. The molecule has 2 atom stereocenters. The normalized spacial score (nSPS) is 25.8. The topological polar surface area (TPSA) is 24.7 Å². The fourth-order valence-corrected chi connectivity index (χ4v) is 3.02. The van der Waals surface area contributed by atoms with Gasteiger partial charge in [0.2, 0.25) is 0 Å². The van der Waals surface area contributed by atoms with E-state index in [-0.39, 0.29) is 5.82 Å². The van der Waals surface area contributed by atoms with Crippen molar-refractivity contribution in [1.82, 2.24) is 0 Å². The molecule has 3 rings (SSSR count). The average Bonchev–Trinajstić information content (AvgIpc) is 2.83. The maximum atomic E-state index is 13.0. The highest BCUT2D eigenvalue weighted by Gasteiger charge is 2.40. The van der Waals surface area contributed by atoms with Crippen molar-refractivity contribution in [3.8, 4) is 0 Å². The van der Waals surface area contributed by atoms with E-state index in [1.807, 2.05) is 18.2 Å². The Balaban J connectivity index is 1.71. The minimum Gasteiger partial charge on any atom is -0.379 e. The van der Waals surface area contributed by atoms with Crippen molar-refractivity contribution in [2.75, 3.05) is 13.1 Å². The monoisotopic (exact) mass is 272 g/mol. The Bertz CT molecular complexity index is 569. The number of hydrogen-bond acceptors (Lipinski definition) is 1. The number of likely N-dealkylation sites (tertiary alicyclic amines) is 1. The van der Waals surface area contributed by atoms with Gasteiger partial charge in [-0.05, 0) is 17.7 Å². The third-order valence-corrected chi connectivity index (χ3v) is 4.11. The Morgan fingerprint density at radius 3 is 2.45 bits per heavy atom. The number of hydrogen-bond donors (Lipinski definition) is 2. The molecular weight excluding hydrogens is 253 g/mol. The van der Waals surface area contributed by atoms with E-state index >= 15 is 0 Å². The second-order valence-electron chi connectivity index (χ2n) is 5.63. The molecule has 2 N–H and O–H groups in total. The molecule has 0 aliphatic carbocycles. The van der Waals surface area contributed by atoms with Crippen LogP contribution in [0.1, 0.15) is 17.5 Å². The van der Waals surface area contributed by atoms with Crippen LogP contribution in [-0.4, -0.2) is 18.2 Å². The van der Waals surface area contributed by atoms with Crippen LogP contribution in [0.5, 0.6) is 0 Å². The first-order valence-electron chi connectivity index (χ1n) is 7.02. The van der Waals surface area contributed by atoms with Gasteiger partial charge in [0.25, 0.3) is 0 Å². The Hall–Kier alpha value is -1.71. The summed E-state index contributed by atoms with van der Waals surface area (Å²) in [6, 6.07) is 16.5. The Morgan fingerprint density at radius 2 is 1.75 bits per heavy atom. The van der Waals surface area contributed by atoms with E-state index < -0.39 is 5.60 Å². The van der Waals surface area contributed by atoms with Crippen molar-refractivity contribution >= 4 is 0 Å². The van der Waals surface area contributed by atoms with Crippen molar-refractivity contribution in [2.24, 2.45) is 0 Å². The lowest BCUT2D eigenvalue weighted by Gasteiger charge is -2.21. The lowest BCUT2D eigenvalue weighted by molar-refractivity contribution is -0.904. The SMILES string of the molecule is OC1(c2ccc(F)cc2)CC[NH+](Cc2ccccc2)C1. The summed E-state index contributed by atoms with van der Waals surface area (Å²) >= 11 is 0. The molecular formula is C17H19FNO+. The van der Waals surface area contributed by atoms with Gasteiger partial charge in [0.05, 0.1) is 6.54 Å². The predicted molar refractivity (Wildman–Crippen MR) is 75.8 cm³/mol. The number of nitrogens with one attached hydrogen (secondary N) is 1. The van der Waals surface area contributed by atoms with Crippen molar-refractivity contribution in [3.05, 3.63) is 71.5 Å². The highest BCUT2D eigenvalue weighted by atomic mass is 19.1. The van der Waals surface area contributed by atoms with Crippen LogP contribution in [0, 0.1) is 5.82 Å². The van der Waals surface area contributed by atoms with Crippen LogP contribution >= 0.6 is 0 Å². The smallest absolute Gasteiger partial charge is 0.144 e. The molecule has 1 aliphatic rings. The molecule has 0 amide bonds. The summed E-state index contributed by atoms with van der Waals surface area (Å²) in [4.78, 5) is 1.36. The van der Waals surface area contributed by atoms with E-state index in [2.05, 4.69) is 12.1 Å². The number of aliphatic hydroxyl groups is 1. The highest BCUT2D eigenvalue weighted by molar-refractivity contribution is 5.23. The lowest BCUT2D eigenvalue weighted by Crippen LogP contribution is -3.09. The van der Waals surface area contributed by atoms with Gasteiger partial charge in [-0.3, -0.25) is 0 Å². The van der Waals surface area contributed by atoms with Gasteiger partial charge in [0.15, 0.2) is 0 Å². The molecule has 0 aromatic heterocycles. The summed E-state index contributed by atoms with van der Waals surface area (Å²) in [6.07, 6.45) is 0.723. The van der Waals surface area contributed by atoms with Crippen LogP contribution < -0.4 is 4.90 Å². The number of rotatable bonds is 3. The zero-order chi connectivity index (χ0) is 14.0. The summed E-state index contributed by atoms with van der Waals surface area (Å²) in [5.74, 6) is -0.260. The second kappa shape index (κ2) is 5.35. The molecule has 1 saturated heterocycles. The maximum Gasteiger partial charge on any atom is 0.144 e. The molecule has 0 saturated carbocycles. The molecule has 1 aliphatic heterocycles. The highest BCUT2D eigenvalue weighted by Crippen LogP contribution is 2.26. The van der Waals surface area contributed by atoms with Gasteiger partial charge in [0, 0.05) is 12.0 Å². The van der Waals surface area contributed by atoms with Crippen LogP contribution in [0.25, 0.3) is 0 Å². The zero-order valence-corrected chi connectivity index (χ0v) is 11.3. The van der Waals surface area contributed by atoms with Gasteiger partial charge in [-0.25, -0.2) is 4.39 Å². The van der Waals surface area contributed by atoms with Crippen molar-refractivity contribution in [2.45, 2.75) is 18.6 Å². The minimum atomic E-state index is -0.822. The molecule has 2 unspecified atom stereocenters. The molecule has 2 aromatic rings. The van der Waals surface area contributed by atoms with Gasteiger partial charge in [-0.1, -0.05) is 42.5 Å². The molecule has 104 valence electrons. The molecule has 2 nitrogen and oxygen atoms in total. The van der Waals surface area contributed by atoms with Crippen molar-refractivity contribution < 1.29 is 14.4 Å². The first-order valence-corrected chi connectivity index (χ1v) is 7.02. The third-order valence-electron chi connectivity index (χ3n) is 4.11. The Kier molecular flexibility index (Phi) is 3.55. The standard InChI is InChI=1S/C17H18FNO/c18-16-8-6-15(7-9-16)17(20)10-11-19(13-17)12-14-4-2-1-3-5-14/h1-9,20H,10-13H2/p+1. The molecule has 20 heavy (non-hydrogen) atoms. The van der Waals surface area contributed by atoms with E-state index in [4.69, 9.17) is 0 Å². The van der Waals surface area contributed by atoms with Gasteiger partial charge < -0.3 is 10.0 Å². The van der Waals surface area contributed by atoms with Gasteiger partial charge >= 0.3 is 0 Å². The molecule has 0 bridgehead atoms. The summed E-state index contributed by atoms with van der Waals surface area (Å²) in [6.45, 7) is 2.53. The molecule has 3 heteroatoms. The molecule has 1 fully saturated rings. The van der Waals surface area contributed by atoms with Gasteiger partial charge in [0.1, 0.15) is 24.5 Å². The van der Waals surface area contributed by atoms with E-state index in [9.17, 15) is 9.50 Å². The van der Waals surface area contributed by atoms with Crippen LogP contribution in [0.3, 0.4) is 0 Å². The first kappa shape index (κ1) is 13.3. The minimum absolute atomic E-state index is 0.260. The number of quaternary nitrogens is 1. The third kappa shape index (κ3) is 2.74. The van der Waals surface area contributed by atoms with Crippen molar-refractivity contribution in [1.29, 1.82) is 0 Å². The van der Waals surface area contributed by atoms with E-state index in [1.165, 1.54) is 22.6 Å². The van der Waals surface area contributed by atoms with E-state index in [0.717, 1.165) is 25.1 Å². The quantitative estimate of drug-likeness (QED) is 0.869. The fourth-order valence-electron chi connectivity index (χ4n) is 3.02. The Morgan fingerprint density at radius 1 is 1.05 bits per heavy atom. The van der Waals surface area contributed by atoms with Crippen LogP contribution in [0.15, 0.2) is 54.6 Å². The second-order valence-corrected chi connectivity index (χ2v) is 5.63. The number of halogens is 1. The molecule has 1 heterocycles. The summed E-state index contributed by atoms with van der Waals surface area (Å²) in [7, 11) is 0. The lowest BCUT2D eigenvalue weighted by atomic mass is 9.93. The van der Waals surface area contributed by atoms with Crippen LogP contribution in [0.2, 0.25) is 0 Å². The molecule has 2 aromatic carbocycles. The van der Waals surface area contributed by atoms with Gasteiger partial charge in [-0.2, -0.15) is 0 Å². The maximum absolute atomic E-state index is 13.0. The molecule has 0 spiro atoms.